The molecule has 1 fully saturated rings. The Hall–Kier alpha value is -2.07. The molecule has 0 N–H and O–H groups in total. The van der Waals surface area contributed by atoms with Gasteiger partial charge in [-0.3, -0.25) is 9.69 Å². The van der Waals surface area contributed by atoms with Gasteiger partial charge in [-0.25, -0.2) is 8.42 Å². The van der Waals surface area contributed by atoms with Gasteiger partial charge in [0.25, 0.3) is 10.0 Å². The highest BCUT2D eigenvalue weighted by molar-refractivity contribution is 7.91. The van der Waals surface area contributed by atoms with Crippen molar-refractivity contribution >= 4 is 27.1 Å². The van der Waals surface area contributed by atoms with Crippen molar-refractivity contribution in [1.82, 2.24) is 14.4 Å². The van der Waals surface area contributed by atoms with Crippen LogP contribution in [0.3, 0.4) is 0 Å². The summed E-state index contributed by atoms with van der Waals surface area (Å²) >= 11 is 0.965. The zero-order chi connectivity index (χ0) is 21.9. The number of nitrogens with zero attached hydrogens (tertiary/aromatic N) is 3. The van der Waals surface area contributed by atoms with Crippen LogP contribution in [-0.2, 0) is 10.0 Å². The van der Waals surface area contributed by atoms with E-state index in [1.165, 1.54) is 28.8 Å². The highest BCUT2D eigenvalue weighted by atomic mass is 32.2. The number of piperazine rings is 1. The second-order valence-corrected chi connectivity index (χ2v) is 10.8. The number of hydrogen-bond acceptors (Lipinski definition) is 7. The molecule has 162 valence electrons. The summed E-state index contributed by atoms with van der Waals surface area (Å²) in [5.74, 6) is 0.242. The number of thiophene rings is 1. The first-order chi connectivity index (χ1) is 14.3. The van der Waals surface area contributed by atoms with Crippen LogP contribution in [0.15, 0.2) is 58.5 Å². The van der Waals surface area contributed by atoms with Gasteiger partial charge < -0.3 is 4.52 Å². The van der Waals surface area contributed by atoms with Crippen LogP contribution < -0.4 is 0 Å². The van der Waals surface area contributed by atoms with Crippen molar-refractivity contribution in [3.8, 4) is 0 Å². The lowest BCUT2D eigenvalue weighted by Crippen LogP contribution is -2.54. The van der Waals surface area contributed by atoms with Crippen LogP contribution in [0.25, 0.3) is 0 Å². The first-order valence-corrected chi connectivity index (χ1v) is 12.1. The lowest BCUT2D eigenvalue weighted by atomic mass is 9.93. The van der Waals surface area contributed by atoms with Crippen molar-refractivity contribution in [3.05, 3.63) is 60.3 Å². The molecule has 9 heteroatoms. The van der Waals surface area contributed by atoms with Crippen molar-refractivity contribution in [1.29, 1.82) is 0 Å². The minimum absolute atomic E-state index is 0.160. The van der Waals surface area contributed by atoms with E-state index in [2.05, 4.69) is 30.1 Å². The molecule has 3 atom stereocenters. The molecule has 1 saturated heterocycles. The van der Waals surface area contributed by atoms with Gasteiger partial charge in [0, 0.05) is 38.3 Å². The normalized spacial score (nSPS) is 20.5. The monoisotopic (exact) mass is 449 g/mol. The number of sulfonamides is 1. The largest absolute Gasteiger partial charge is 0.364 e. The number of hydrogen-bond donors (Lipinski definition) is 0. The maximum Gasteiger partial charge on any atom is 0.252 e. The molecule has 0 spiro atoms. The number of carbonyl (C=O) groups excluding carboxylic acids is 1. The third-order valence-electron chi connectivity index (χ3n) is 5.51. The van der Waals surface area contributed by atoms with E-state index in [0.717, 1.165) is 17.9 Å². The van der Waals surface area contributed by atoms with Crippen molar-refractivity contribution < 1.29 is 17.7 Å². The van der Waals surface area contributed by atoms with E-state index in [-0.39, 0.29) is 27.6 Å². The van der Waals surface area contributed by atoms with Gasteiger partial charge in [0.2, 0.25) is 5.78 Å². The maximum absolute atomic E-state index is 13.2. The summed E-state index contributed by atoms with van der Waals surface area (Å²) in [5.41, 5.74) is 0.160. The fourth-order valence-corrected chi connectivity index (χ4v) is 6.62. The highest BCUT2D eigenvalue weighted by Crippen LogP contribution is 2.29. The third-order valence-corrected chi connectivity index (χ3v) is 9.07. The van der Waals surface area contributed by atoms with E-state index < -0.39 is 10.0 Å². The molecule has 0 radical (unpaired) electrons. The highest BCUT2D eigenvalue weighted by Gasteiger charge is 2.35. The van der Waals surface area contributed by atoms with Gasteiger partial charge in [0.1, 0.15) is 10.5 Å². The Balaban J connectivity index is 1.70. The molecule has 30 heavy (non-hydrogen) atoms. The van der Waals surface area contributed by atoms with Gasteiger partial charge in [0.15, 0.2) is 5.69 Å². The van der Waals surface area contributed by atoms with Gasteiger partial charge in [-0.2, -0.15) is 4.31 Å². The molecule has 2 aromatic heterocycles. The van der Waals surface area contributed by atoms with Crippen molar-refractivity contribution in [2.45, 2.75) is 24.1 Å². The zero-order valence-corrected chi connectivity index (χ0v) is 18.9. The Morgan fingerprint density at radius 3 is 2.70 bits per heavy atom. The molecule has 1 aliphatic rings. The predicted molar refractivity (Wildman–Crippen MR) is 117 cm³/mol. The fourth-order valence-electron chi connectivity index (χ4n) is 3.62. The summed E-state index contributed by atoms with van der Waals surface area (Å²) in [6, 6.07) is 4.30. The molecule has 7 nitrogen and oxygen atoms in total. The average molecular weight is 450 g/mol. The zero-order valence-electron chi connectivity index (χ0n) is 17.2. The predicted octanol–water partition coefficient (Wildman–Crippen LogP) is 3.29. The van der Waals surface area contributed by atoms with Crippen LogP contribution in [-0.4, -0.2) is 60.8 Å². The minimum atomic E-state index is -3.68. The molecule has 2 aromatic rings. The van der Waals surface area contributed by atoms with Gasteiger partial charge in [-0.05, 0) is 30.9 Å². The summed E-state index contributed by atoms with van der Waals surface area (Å²) in [7, 11) is -3.68. The first-order valence-electron chi connectivity index (χ1n) is 9.82. The smallest absolute Gasteiger partial charge is 0.252 e. The summed E-state index contributed by atoms with van der Waals surface area (Å²) in [4.78, 5) is 15.0. The number of ketones is 1. The standard InChI is InChI=1S/C21H27N3O4S2/c1-5-15(3)17(6-2)14-23-10-11-24(16(4)13-23)30(26,27)20-8-7-19(29-20)21(25)18-9-12-28-22-18/h5-9,12,15-17H,1-2,10-11,13-14H2,3-4H3. The van der Waals surface area contributed by atoms with Crippen LogP contribution in [0.2, 0.25) is 0 Å². The van der Waals surface area contributed by atoms with Gasteiger partial charge in [0.05, 0.1) is 4.88 Å². The van der Waals surface area contributed by atoms with Gasteiger partial charge in [-0.15, -0.1) is 24.5 Å². The van der Waals surface area contributed by atoms with Gasteiger partial charge in [-0.1, -0.05) is 24.2 Å². The summed E-state index contributed by atoms with van der Waals surface area (Å²) < 4.78 is 32.8. The topological polar surface area (TPSA) is 83.7 Å². The SMILES string of the molecule is C=CC(C)C(C=C)CN1CCN(S(=O)(=O)c2ccc(C(=O)c3ccon3)s2)C(C)C1. The van der Waals surface area contributed by atoms with Crippen LogP contribution in [0.1, 0.15) is 29.2 Å². The Kier molecular flexibility index (Phi) is 7.07. The maximum atomic E-state index is 13.2. The molecule has 3 rings (SSSR count). The lowest BCUT2D eigenvalue weighted by Gasteiger charge is -2.40. The van der Waals surface area contributed by atoms with E-state index >= 15 is 0 Å². The molecular weight excluding hydrogens is 422 g/mol. The number of allylic oxidation sites excluding steroid dienone is 1. The third kappa shape index (κ3) is 4.64. The summed E-state index contributed by atoms with van der Waals surface area (Å²) in [5, 5.41) is 3.63. The molecule has 3 unspecified atom stereocenters. The number of carbonyl (C=O) groups is 1. The summed E-state index contributed by atoms with van der Waals surface area (Å²) in [6.07, 6.45) is 5.18. The lowest BCUT2D eigenvalue weighted by molar-refractivity contribution is 0.103. The van der Waals surface area contributed by atoms with Crippen LogP contribution in [0.5, 0.6) is 0 Å². The molecule has 0 aromatic carbocycles. The quantitative estimate of drug-likeness (QED) is 0.432. The molecule has 0 aliphatic carbocycles. The fraction of sp³-hybridized carbons (Fsp3) is 0.429. The Morgan fingerprint density at radius 2 is 2.10 bits per heavy atom. The van der Waals surface area contributed by atoms with E-state index in [1.807, 2.05) is 19.1 Å². The second-order valence-electron chi connectivity index (χ2n) is 7.55. The molecule has 0 bridgehead atoms. The summed E-state index contributed by atoms with van der Waals surface area (Å²) in [6.45, 7) is 14.3. The van der Waals surface area contributed by atoms with Crippen LogP contribution >= 0.6 is 11.3 Å². The van der Waals surface area contributed by atoms with E-state index in [9.17, 15) is 13.2 Å². The molecule has 0 amide bonds. The molecule has 3 heterocycles. The molecule has 1 aliphatic heterocycles. The van der Waals surface area contributed by atoms with Crippen LogP contribution in [0.4, 0.5) is 0 Å². The number of rotatable bonds is 9. The van der Waals surface area contributed by atoms with E-state index in [1.54, 1.807) is 0 Å². The molecular formula is C21H27N3O4S2. The van der Waals surface area contributed by atoms with E-state index in [4.69, 9.17) is 4.52 Å². The Labute approximate surface area is 181 Å². The minimum Gasteiger partial charge on any atom is -0.364 e. The first kappa shape index (κ1) is 22.6. The molecule has 0 saturated carbocycles. The number of aromatic nitrogens is 1. The van der Waals surface area contributed by atoms with E-state index in [0.29, 0.717) is 30.4 Å². The van der Waals surface area contributed by atoms with Crippen LogP contribution in [0, 0.1) is 11.8 Å². The Morgan fingerprint density at radius 1 is 1.33 bits per heavy atom. The van der Waals surface area contributed by atoms with Crippen molar-refractivity contribution in [2.75, 3.05) is 26.2 Å². The second kappa shape index (κ2) is 9.38. The Bertz CT molecular complexity index is 997. The van der Waals surface area contributed by atoms with Gasteiger partial charge >= 0.3 is 0 Å². The average Bonchev–Trinajstić information content (AvgIpc) is 3.43. The van der Waals surface area contributed by atoms with Crippen molar-refractivity contribution in [3.63, 3.8) is 0 Å². The van der Waals surface area contributed by atoms with Crippen molar-refractivity contribution in [2.24, 2.45) is 11.8 Å².